The molecule has 0 unspecified atom stereocenters. The second kappa shape index (κ2) is 8.19. The Kier molecular flexibility index (Phi) is 5.58. The van der Waals surface area contributed by atoms with E-state index in [0.717, 1.165) is 29.4 Å². The predicted molar refractivity (Wildman–Crippen MR) is 117 cm³/mol. The van der Waals surface area contributed by atoms with Crippen LogP contribution in [0.4, 0.5) is 0 Å². The van der Waals surface area contributed by atoms with Crippen LogP contribution in [0.3, 0.4) is 0 Å². The van der Waals surface area contributed by atoms with Crippen LogP contribution in [0.1, 0.15) is 16.7 Å². The van der Waals surface area contributed by atoms with Gasteiger partial charge in [-0.3, -0.25) is 9.59 Å². The Balaban J connectivity index is 1.53. The van der Waals surface area contributed by atoms with E-state index < -0.39 is 5.63 Å². The summed E-state index contributed by atoms with van der Waals surface area (Å²) in [4.78, 5) is 43.3. The van der Waals surface area contributed by atoms with Gasteiger partial charge in [0.1, 0.15) is 11.2 Å². The number of hydrogen-bond donors (Lipinski definition) is 0. The first-order chi connectivity index (χ1) is 14.7. The van der Waals surface area contributed by atoms with Gasteiger partial charge in [0, 0.05) is 50.1 Å². The Hall–Kier alpha value is -3.13. The lowest BCUT2D eigenvalue weighted by Crippen LogP contribution is -2.50. The monoisotopic (exact) mass is 425 g/mol. The number of nitrogens with zero attached hydrogens (tertiary/aromatic N) is 3. The van der Waals surface area contributed by atoms with Crippen LogP contribution in [0.25, 0.3) is 21.9 Å². The van der Waals surface area contributed by atoms with Gasteiger partial charge in [-0.05, 0) is 38.1 Å². The first kappa shape index (κ1) is 21.1. The number of likely N-dealkylation sites (N-methyl/N-ethyl adjacent to an activating group) is 2. The van der Waals surface area contributed by atoms with E-state index in [1.165, 1.54) is 4.90 Å². The third kappa shape index (κ3) is 4.07. The maximum atomic E-state index is 12.8. The van der Waals surface area contributed by atoms with Crippen molar-refractivity contribution in [3.8, 4) is 0 Å². The molecule has 1 saturated heterocycles. The minimum atomic E-state index is -0.542. The van der Waals surface area contributed by atoms with E-state index in [0.29, 0.717) is 35.4 Å². The van der Waals surface area contributed by atoms with Gasteiger partial charge in [0.15, 0.2) is 0 Å². The minimum Gasteiger partial charge on any atom is -0.464 e. The zero-order valence-electron chi connectivity index (χ0n) is 18.4. The predicted octanol–water partition coefficient (Wildman–Crippen LogP) is 1.93. The lowest BCUT2D eigenvalue weighted by Gasteiger charge is -2.33. The molecule has 2 amide bonds. The molecule has 0 radical (unpaired) electrons. The van der Waals surface area contributed by atoms with Crippen molar-refractivity contribution in [3.05, 3.63) is 45.5 Å². The molecule has 1 fully saturated rings. The van der Waals surface area contributed by atoms with E-state index in [2.05, 4.69) is 4.90 Å². The van der Waals surface area contributed by atoms with Crippen LogP contribution in [-0.2, 0) is 16.0 Å². The van der Waals surface area contributed by atoms with E-state index in [9.17, 15) is 14.4 Å². The van der Waals surface area contributed by atoms with Gasteiger partial charge in [0.05, 0.1) is 24.8 Å². The Bertz CT molecular complexity index is 1220. The minimum absolute atomic E-state index is 0.00462. The van der Waals surface area contributed by atoms with Crippen LogP contribution >= 0.6 is 0 Å². The van der Waals surface area contributed by atoms with Crippen LogP contribution in [0.15, 0.2) is 32.0 Å². The molecule has 1 aromatic carbocycles. The lowest BCUT2D eigenvalue weighted by atomic mass is 10.0. The summed E-state index contributed by atoms with van der Waals surface area (Å²) < 4.78 is 11.0. The molecule has 1 aliphatic rings. The SMILES string of the molecule is Cc1coc2cc3oc(=O)c(CC(=O)N(C)CC(=O)N4CCN(C)CC4)c(C)c3cc12. The fourth-order valence-electron chi connectivity index (χ4n) is 3.97. The van der Waals surface area contributed by atoms with Gasteiger partial charge in [0.25, 0.3) is 0 Å². The van der Waals surface area contributed by atoms with Gasteiger partial charge in [0.2, 0.25) is 11.8 Å². The number of furan rings is 1. The van der Waals surface area contributed by atoms with Crippen LogP contribution in [0, 0.1) is 13.8 Å². The highest BCUT2D eigenvalue weighted by atomic mass is 16.4. The highest BCUT2D eigenvalue weighted by Gasteiger charge is 2.23. The number of fused-ring (bicyclic) bond motifs is 2. The quantitative estimate of drug-likeness (QED) is 0.594. The van der Waals surface area contributed by atoms with Crippen molar-refractivity contribution in [2.24, 2.45) is 0 Å². The molecule has 8 heteroatoms. The summed E-state index contributed by atoms with van der Waals surface area (Å²) >= 11 is 0. The number of amides is 2. The molecule has 0 atom stereocenters. The molecule has 8 nitrogen and oxygen atoms in total. The molecule has 0 N–H and O–H groups in total. The summed E-state index contributed by atoms with van der Waals surface area (Å²) in [7, 11) is 3.61. The molecule has 4 rings (SSSR count). The summed E-state index contributed by atoms with van der Waals surface area (Å²) in [5, 5.41) is 1.71. The highest BCUT2D eigenvalue weighted by Crippen LogP contribution is 2.28. The molecule has 31 heavy (non-hydrogen) atoms. The maximum absolute atomic E-state index is 12.8. The second-order valence-electron chi connectivity index (χ2n) is 8.37. The van der Waals surface area contributed by atoms with Crippen molar-refractivity contribution in [3.63, 3.8) is 0 Å². The molecule has 2 aromatic heterocycles. The van der Waals surface area contributed by atoms with Crippen molar-refractivity contribution < 1.29 is 18.4 Å². The standard InChI is InChI=1S/C23H27N3O5/c1-14-13-30-19-11-20-17(9-16(14)19)15(2)18(23(29)31-20)10-21(27)25(4)12-22(28)26-7-5-24(3)6-8-26/h9,11,13H,5-8,10,12H2,1-4H3. The van der Waals surface area contributed by atoms with Gasteiger partial charge in [-0.25, -0.2) is 4.79 Å². The third-order valence-corrected chi connectivity index (χ3v) is 6.16. The first-order valence-electron chi connectivity index (χ1n) is 10.4. The Morgan fingerprint density at radius 3 is 2.48 bits per heavy atom. The second-order valence-corrected chi connectivity index (χ2v) is 8.37. The first-order valence-corrected chi connectivity index (χ1v) is 10.4. The maximum Gasteiger partial charge on any atom is 0.340 e. The number of aryl methyl sites for hydroxylation is 2. The zero-order valence-corrected chi connectivity index (χ0v) is 18.4. The lowest BCUT2D eigenvalue weighted by molar-refractivity contribution is -0.140. The molecule has 0 spiro atoms. The number of rotatable bonds is 4. The van der Waals surface area contributed by atoms with Crippen LogP contribution in [0.5, 0.6) is 0 Å². The largest absolute Gasteiger partial charge is 0.464 e. The van der Waals surface area contributed by atoms with Gasteiger partial charge in [-0.2, -0.15) is 0 Å². The van der Waals surface area contributed by atoms with Crippen molar-refractivity contribution in [2.75, 3.05) is 46.8 Å². The Morgan fingerprint density at radius 1 is 1.06 bits per heavy atom. The van der Waals surface area contributed by atoms with E-state index in [4.69, 9.17) is 8.83 Å². The number of carbonyl (C=O) groups excluding carboxylic acids is 2. The average Bonchev–Trinajstić information content (AvgIpc) is 3.10. The van der Waals surface area contributed by atoms with Crippen molar-refractivity contribution in [1.82, 2.24) is 14.7 Å². The van der Waals surface area contributed by atoms with Crippen molar-refractivity contribution >= 4 is 33.8 Å². The smallest absolute Gasteiger partial charge is 0.340 e. The summed E-state index contributed by atoms with van der Waals surface area (Å²) in [5.41, 5.74) is 2.55. The molecule has 0 bridgehead atoms. The number of piperazine rings is 1. The van der Waals surface area contributed by atoms with Gasteiger partial charge < -0.3 is 23.5 Å². The molecule has 3 aromatic rings. The molecule has 1 aliphatic heterocycles. The molecule has 3 heterocycles. The number of carbonyl (C=O) groups is 2. The fraction of sp³-hybridized carbons (Fsp3) is 0.435. The molecular formula is C23H27N3O5. The van der Waals surface area contributed by atoms with E-state index in [1.54, 1.807) is 24.3 Å². The number of hydrogen-bond acceptors (Lipinski definition) is 6. The normalized spacial score (nSPS) is 15.0. The van der Waals surface area contributed by atoms with Crippen molar-refractivity contribution in [1.29, 1.82) is 0 Å². The van der Waals surface area contributed by atoms with E-state index >= 15 is 0 Å². The molecule has 0 aliphatic carbocycles. The summed E-state index contributed by atoms with van der Waals surface area (Å²) in [6.07, 6.45) is 1.55. The highest BCUT2D eigenvalue weighted by molar-refractivity contribution is 5.96. The van der Waals surface area contributed by atoms with Gasteiger partial charge in [-0.1, -0.05) is 0 Å². The van der Waals surface area contributed by atoms with Crippen LogP contribution in [-0.4, -0.2) is 73.3 Å². The Labute approximate surface area is 180 Å². The molecule has 164 valence electrons. The summed E-state index contributed by atoms with van der Waals surface area (Å²) in [5.74, 6) is -0.373. The van der Waals surface area contributed by atoms with Gasteiger partial charge in [-0.15, -0.1) is 0 Å². The topological polar surface area (TPSA) is 87.2 Å². The number of benzene rings is 1. The van der Waals surface area contributed by atoms with Gasteiger partial charge >= 0.3 is 5.63 Å². The summed E-state index contributed by atoms with van der Waals surface area (Å²) in [6.45, 7) is 6.73. The molecular weight excluding hydrogens is 398 g/mol. The van der Waals surface area contributed by atoms with Crippen LogP contribution in [0.2, 0.25) is 0 Å². The van der Waals surface area contributed by atoms with Crippen molar-refractivity contribution in [2.45, 2.75) is 20.3 Å². The average molecular weight is 425 g/mol. The van der Waals surface area contributed by atoms with E-state index in [-0.39, 0.29) is 24.8 Å². The fourth-order valence-corrected chi connectivity index (χ4v) is 3.97. The third-order valence-electron chi connectivity index (χ3n) is 6.16. The van der Waals surface area contributed by atoms with E-state index in [1.807, 2.05) is 27.0 Å². The summed E-state index contributed by atoms with van der Waals surface area (Å²) in [6, 6.07) is 3.63. The zero-order chi connectivity index (χ0) is 22.3. The van der Waals surface area contributed by atoms with Crippen LogP contribution < -0.4 is 5.63 Å². The Morgan fingerprint density at radius 2 is 1.77 bits per heavy atom. The molecule has 0 saturated carbocycles.